The Morgan fingerprint density at radius 2 is 1.74 bits per heavy atom. The van der Waals surface area contributed by atoms with Gasteiger partial charge in [-0.05, 0) is 71.6 Å². The van der Waals surface area contributed by atoms with E-state index in [9.17, 15) is 18.0 Å². The Balaban J connectivity index is 1.31. The number of fused-ring (bicyclic) bond motifs is 1. The van der Waals surface area contributed by atoms with Crippen LogP contribution in [0.25, 0.3) is 11.1 Å². The quantitative estimate of drug-likeness (QED) is 0.356. The summed E-state index contributed by atoms with van der Waals surface area (Å²) in [5, 5.41) is 2.97. The van der Waals surface area contributed by atoms with Crippen LogP contribution in [0.5, 0.6) is 5.75 Å². The minimum atomic E-state index is -3.63. The summed E-state index contributed by atoms with van der Waals surface area (Å²) in [6, 6.07) is 24.8. The molecular weight excluding hydrogens is 502 g/mol. The molecule has 0 spiro atoms. The van der Waals surface area contributed by atoms with Crippen LogP contribution in [0.15, 0.2) is 91.1 Å². The molecule has 2 amide bonds. The van der Waals surface area contributed by atoms with E-state index in [2.05, 4.69) is 10.3 Å². The minimum absolute atomic E-state index is 0.0129. The third-order valence-corrected chi connectivity index (χ3v) is 6.67. The molecule has 192 valence electrons. The lowest BCUT2D eigenvalue weighted by Gasteiger charge is -2.17. The van der Waals surface area contributed by atoms with Crippen LogP contribution in [0, 0.1) is 0 Å². The third kappa shape index (κ3) is 5.73. The molecule has 1 aliphatic rings. The van der Waals surface area contributed by atoms with E-state index < -0.39 is 10.1 Å². The summed E-state index contributed by atoms with van der Waals surface area (Å²) in [5.41, 5.74) is 5.12. The third-order valence-electron chi connectivity index (χ3n) is 6.18. The van der Waals surface area contributed by atoms with E-state index in [4.69, 9.17) is 4.18 Å². The zero-order chi connectivity index (χ0) is 26.7. The molecule has 0 saturated heterocycles. The molecule has 0 fully saturated rings. The Bertz CT molecular complexity index is 1600. The van der Waals surface area contributed by atoms with Gasteiger partial charge in [0.1, 0.15) is 5.75 Å². The fraction of sp³-hybridized carbons (Fsp3) is 0.138. The Morgan fingerprint density at radius 1 is 0.974 bits per heavy atom. The Kier molecular flexibility index (Phi) is 6.93. The number of rotatable bonds is 7. The summed E-state index contributed by atoms with van der Waals surface area (Å²) in [4.78, 5) is 32.1. The van der Waals surface area contributed by atoms with Gasteiger partial charge in [0, 0.05) is 35.4 Å². The van der Waals surface area contributed by atoms with Crippen LogP contribution in [0.4, 0.5) is 11.4 Å². The number of carbonyl (C=O) groups is 2. The van der Waals surface area contributed by atoms with E-state index in [1.807, 2.05) is 42.5 Å². The van der Waals surface area contributed by atoms with Crippen LogP contribution in [0.2, 0.25) is 0 Å². The smallest absolute Gasteiger partial charge is 0.306 e. The molecule has 0 radical (unpaired) electrons. The maximum Gasteiger partial charge on any atom is 0.306 e. The van der Waals surface area contributed by atoms with Crippen LogP contribution in [-0.2, 0) is 27.8 Å². The van der Waals surface area contributed by atoms with Crippen molar-refractivity contribution in [2.75, 3.05) is 23.0 Å². The van der Waals surface area contributed by atoms with Gasteiger partial charge in [-0.25, -0.2) is 0 Å². The second-order valence-electron chi connectivity index (χ2n) is 8.95. The number of nitrogens with zero attached hydrogens (tertiary/aromatic N) is 2. The monoisotopic (exact) mass is 527 g/mol. The van der Waals surface area contributed by atoms with Crippen molar-refractivity contribution >= 4 is 33.3 Å². The van der Waals surface area contributed by atoms with Gasteiger partial charge < -0.3 is 14.4 Å². The van der Waals surface area contributed by atoms with Gasteiger partial charge in [-0.2, -0.15) is 8.42 Å². The summed E-state index contributed by atoms with van der Waals surface area (Å²) in [6.45, 7) is 0.584. The molecule has 1 N–H and O–H groups in total. The molecule has 0 atom stereocenters. The van der Waals surface area contributed by atoms with Crippen LogP contribution < -0.4 is 14.4 Å². The maximum absolute atomic E-state index is 13.3. The lowest BCUT2D eigenvalue weighted by Crippen LogP contribution is -2.30. The average Bonchev–Trinajstić information content (AvgIpc) is 3.32. The molecule has 38 heavy (non-hydrogen) atoms. The number of carbonyl (C=O) groups excluding carboxylic acids is 2. The van der Waals surface area contributed by atoms with E-state index in [0.717, 1.165) is 28.8 Å². The van der Waals surface area contributed by atoms with Crippen molar-refractivity contribution in [1.82, 2.24) is 4.98 Å². The Labute approximate surface area is 221 Å². The molecule has 1 aromatic heterocycles. The van der Waals surface area contributed by atoms with Gasteiger partial charge in [0.05, 0.1) is 12.7 Å². The molecule has 0 saturated carbocycles. The normalized spacial score (nSPS) is 12.6. The number of benzene rings is 3. The molecule has 2 heterocycles. The van der Waals surface area contributed by atoms with Crippen LogP contribution >= 0.6 is 0 Å². The van der Waals surface area contributed by atoms with E-state index in [0.29, 0.717) is 29.8 Å². The number of pyridine rings is 1. The molecule has 0 aliphatic carbocycles. The lowest BCUT2D eigenvalue weighted by atomic mass is 9.99. The predicted octanol–water partition coefficient (Wildman–Crippen LogP) is 4.47. The van der Waals surface area contributed by atoms with Crippen molar-refractivity contribution in [3.63, 3.8) is 0 Å². The number of anilines is 2. The highest BCUT2D eigenvalue weighted by Gasteiger charge is 2.25. The average molecular weight is 528 g/mol. The summed E-state index contributed by atoms with van der Waals surface area (Å²) < 4.78 is 27.6. The summed E-state index contributed by atoms with van der Waals surface area (Å²) in [7, 11) is -3.63. The molecular formula is C29H25N3O5S. The first-order chi connectivity index (χ1) is 18.3. The van der Waals surface area contributed by atoms with Crippen LogP contribution in [0.3, 0.4) is 0 Å². The molecule has 9 heteroatoms. The highest BCUT2D eigenvalue weighted by molar-refractivity contribution is 7.86. The van der Waals surface area contributed by atoms with Crippen molar-refractivity contribution in [3.05, 3.63) is 108 Å². The molecule has 0 unspecified atom stereocenters. The van der Waals surface area contributed by atoms with E-state index >= 15 is 0 Å². The number of nitrogens with one attached hydrogen (secondary N) is 1. The van der Waals surface area contributed by atoms with Gasteiger partial charge in [0.25, 0.3) is 5.91 Å². The molecule has 3 aromatic carbocycles. The topological polar surface area (TPSA) is 106 Å². The highest BCUT2D eigenvalue weighted by atomic mass is 32.2. The van der Waals surface area contributed by atoms with E-state index in [-0.39, 0.29) is 24.0 Å². The second kappa shape index (κ2) is 10.5. The Morgan fingerprint density at radius 3 is 2.47 bits per heavy atom. The zero-order valence-electron chi connectivity index (χ0n) is 20.6. The van der Waals surface area contributed by atoms with E-state index in [1.165, 1.54) is 0 Å². The van der Waals surface area contributed by atoms with Crippen LogP contribution in [-0.4, -0.2) is 38.0 Å². The summed E-state index contributed by atoms with van der Waals surface area (Å²) >= 11 is 0. The van der Waals surface area contributed by atoms with Crippen molar-refractivity contribution in [2.45, 2.75) is 12.8 Å². The fourth-order valence-corrected chi connectivity index (χ4v) is 4.95. The minimum Gasteiger partial charge on any atom is -0.383 e. The van der Waals surface area contributed by atoms with Gasteiger partial charge in [0.15, 0.2) is 0 Å². The second-order valence-corrected chi connectivity index (χ2v) is 10.5. The van der Waals surface area contributed by atoms with Crippen molar-refractivity contribution in [2.24, 2.45) is 0 Å². The number of amides is 2. The first-order valence-corrected chi connectivity index (χ1v) is 13.8. The van der Waals surface area contributed by atoms with Crippen molar-refractivity contribution in [3.8, 4) is 16.9 Å². The first-order valence-electron chi connectivity index (χ1n) is 12.0. The molecule has 0 bridgehead atoms. The fourth-order valence-electron chi connectivity index (χ4n) is 4.49. The largest absolute Gasteiger partial charge is 0.383 e. The number of hydrogen-bond acceptors (Lipinski definition) is 6. The highest BCUT2D eigenvalue weighted by Crippen LogP contribution is 2.32. The standard InChI is InChI=1S/C29H25N3O5S/c1-38(35,36)37-24-12-9-20(10-13-24)25-7-2-3-8-26(25)29(34)31-23-11-14-27-21(18-23)15-17-32(27)28(33)19-22-6-4-5-16-30-22/h2-14,16,18H,15,17,19H2,1H3,(H,31,34). The number of hydrogen-bond donors (Lipinski definition) is 1. The zero-order valence-corrected chi connectivity index (χ0v) is 21.4. The van der Waals surface area contributed by atoms with Gasteiger partial charge in [0.2, 0.25) is 5.91 Å². The van der Waals surface area contributed by atoms with Crippen LogP contribution in [0.1, 0.15) is 21.6 Å². The molecule has 1 aliphatic heterocycles. The maximum atomic E-state index is 13.3. The van der Waals surface area contributed by atoms with Crippen molar-refractivity contribution in [1.29, 1.82) is 0 Å². The number of aromatic nitrogens is 1. The van der Waals surface area contributed by atoms with Gasteiger partial charge in [-0.3, -0.25) is 14.6 Å². The molecule has 4 aromatic rings. The lowest BCUT2D eigenvalue weighted by molar-refractivity contribution is -0.117. The molecule has 8 nitrogen and oxygen atoms in total. The first kappa shape index (κ1) is 25.2. The summed E-state index contributed by atoms with van der Waals surface area (Å²) in [5.74, 6) is -0.0944. The Hall–Kier alpha value is -4.50. The predicted molar refractivity (Wildman–Crippen MR) is 146 cm³/mol. The van der Waals surface area contributed by atoms with Gasteiger partial charge in [-0.15, -0.1) is 0 Å². The molecule has 5 rings (SSSR count). The van der Waals surface area contributed by atoms with Gasteiger partial charge >= 0.3 is 10.1 Å². The van der Waals surface area contributed by atoms with Crippen molar-refractivity contribution < 1.29 is 22.2 Å². The summed E-state index contributed by atoms with van der Waals surface area (Å²) in [6.07, 6.45) is 3.59. The SMILES string of the molecule is CS(=O)(=O)Oc1ccc(-c2ccccc2C(=O)Nc2ccc3c(c2)CCN3C(=O)Cc2ccccn2)cc1. The van der Waals surface area contributed by atoms with E-state index in [1.54, 1.807) is 53.6 Å². The van der Waals surface area contributed by atoms with Gasteiger partial charge in [-0.1, -0.05) is 36.4 Å².